The van der Waals surface area contributed by atoms with Crippen molar-refractivity contribution in [2.24, 2.45) is 0 Å². The van der Waals surface area contributed by atoms with Crippen LogP contribution in [0.4, 0.5) is 5.69 Å². The molecule has 0 aliphatic heterocycles. The molecule has 1 aliphatic rings. The molecule has 0 bridgehead atoms. The van der Waals surface area contributed by atoms with Gasteiger partial charge in [-0.05, 0) is 25.0 Å². The Morgan fingerprint density at radius 3 is 2.61 bits per heavy atom. The minimum atomic E-state index is -0.283. The van der Waals surface area contributed by atoms with Crippen LogP contribution in [0.2, 0.25) is 0 Å². The second-order valence-corrected chi connectivity index (χ2v) is 4.67. The van der Waals surface area contributed by atoms with Gasteiger partial charge in [-0.3, -0.25) is 0 Å². The Bertz CT molecular complexity index is 395. The molecule has 1 saturated carbocycles. The van der Waals surface area contributed by atoms with Crippen LogP contribution in [0.1, 0.15) is 25.7 Å². The molecule has 100 valence electrons. The van der Waals surface area contributed by atoms with Crippen LogP contribution in [0, 0.1) is 0 Å². The Morgan fingerprint density at radius 2 is 1.94 bits per heavy atom. The van der Waals surface area contributed by atoms with Crippen molar-refractivity contribution in [2.45, 2.75) is 37.8 Å². The molecule has 0 amide bonds. The van der Waals surface area contributed by atoms with Gasteiger partial charge in [0.15, 0.2) is 0 Å². The molecule has 0 spiro atoms. The maximum absolute atomic E-state index is 9.99. The van der Waals surface area contributed by atoms with Gasteiger partial charge in [0, 0.05) is 6.07 Å². The number of aliphatic hydroxyl groups excluding tert-OH is 1. The summed E-state index contributed by atoms with van der Waals surface area (Å²) in [6.45, 7) is 0. The number of nitrogens with one attached hydrogen (secondary N) is 1. The van der Waals surface area contributed by atoms with Crippen LogP contribution in [0.3, 0.4) is 0 Å². The molecule has 2 unspecified atom stereocenters. The predicted molar refractivity (Wildman–Crippen MR) is 71.4 cm³/mol. The number of rotatable bonds is 4. The van der Waals surface area contributed by atoms with Crippen molar-refractivity contribution in [1.29, 1.82) is 0 Å². The lowest BCUT2D eigenvalue weighted by atomic mass is 9.92. The first-order valence-corrected chi connectivity index (χ1v) is 6.41. The van der Waals surface area contributed by atoms with Gasteiger partial charge in [0.05, 0.1) is 32.1 Å². The zero-order chi connectivity index (χ0) is 13.0. The fourth-order valence-electron chi connectivity index (χ4n) is 2.41. The van der Waals surface area contributed by atoms with E-state index in [0.29, 0.717) is 0 Å². The molecule has 0 saturated heterocycles. The summed E-state index contributed by atoms with van der Waals surface area (Å²) in [7, 11) is 3.28. The fraction of sp³-hybridized carbons (Fsp3) is 0.571. The highest BCUT2D eigenvalue weighted by atomic mass is 16.5. The van der Waals surface area contributed by atoms with Crippen molar-refractivity contribution < 1.29 is 14.6 Å². The zero-order valence-electron chi connectivity index (χ0n) is 11.0. The summed E-state index contributed by atoms with van der Waals surface area (Å²) >= 11 is 0. The van der Waals surface area contributed by atoms with Gasteiger partial charge in [-0.1, -0.05) is 12.8 Å². The van der Waals surface area contributed by atoms with E-state index in [0.717, 1.165) is 42.9 Å². The van der Waals surface area contributed by atoms with E-state index in [2.05, 4.69) is 5.32 Å². The largest absolute Gasteiger partial charge is 0.497 e. The minimum Gasteiger partial charge on any atom is -0.497 e. The van der Waals surface area contributed by atoms with Crippen LogP contribution >= 0.6 is 0 Å². The van der Waals surface area contributed by atoms with E-state index in [1.54, 1.807) is 14.2 Å². The lowest BCUT2D eigenvalue weighted by Gasteiger charge is -2.29. The summed E-state index contributed by atoms with van der Waals surface area (Å²) in [4.78, 5) is 0. The maximum Gasteiger partial charge on any atom is 0.142 e. The molecule has 0 heterocycles. The molecular formula is C14H21NO3. The van der Waals surface area contributed by atoms with Gasteiger partial charge in [-0.25, -0.2) is 0 Å². The molecule has 4 heteroatoms. The quantitative estimate of drug-likeness (QED) is 0.863. The monoisotopic (exact) mass is 251 g/mol. The number of ether oxygens (including phenoxy) is 2. The Kier molecular flexibility index (Phi) is 4.31. The molecule has 1 aromatic rings. The summed E-state index contributed by atoms with van der Waals surface area (Å²) in [5, 5.41) is 13.4. The normalized spacial score (nSPS) is 23.5. The van der Waals surface area contributed by atoms with Crippen LogP contribution in [0.25, 0.3) is 0 Å². The van der Waals surface area contributed by atoms with E-state index >= 15 is 0 Å². The summed E-state index contributed by atoms with van der Waals surface area (Å²) in [6, 6.07) is 5.73. The SMILES string of the molecule is COc1ccc(OC)c(NC2CCCCC2O)c1. The van der Waals surface area contributed by atoms with E-state index in [1.165, 1.54) is 0 Å². The topological polar surface area (TPSA) is 50.7 Å². The van der Waals surface area contributed by atoms with Crippen LogP contribution in [-0.2, 0) is 0 Å². The Hall–Kier alpha value is -1.42. The minimum absolute atomic E-state index is 0.0970. The van der Waals surface area contributed by atoms with Crippen LogP contribution < -0.4 is 14.8 Å². The highest BCUT2D eigenvalue weighted by molar-refractivity contribution is 5.60. The van der Waals surface area contributed by atoms with Crippen LogP contribution in [0.15, 0.2) is 18.2 Å². The van der Waals surface area contributed by atoms with Gasteiger partial charge in [0.25, 0.3) is 0 Å². The smallest absolute Gasteiger partial charge is 0.142 e. The number of benzene rings is 1. The molecule has 2 rings (SSSR count). The van der Waals surface area contributed by atoms with E-state index in [9.17, 15) is 5.11 Å². The van der Waals surface area contributed by atoms with Gasteiger partial charge in [0.1, 0.15) is 11.5 Å². The molecular weight excluding hydrogens is 230 g/mol. The molecule has 0 radical (unpaired) electrons. The first-order valence-electron chi connectivity index (χ1n) is 6.41. The van der Waals surface area contributed by atoms with Crippen molar-refractivity contribution in [1.82, 2.24) is 0 Å². The Balaban J connectivity index is 2.15. The third-order valence-corrected chi connectivity index (χ3v) is 3.48. The van der Waals surface area contributed by atoms with E-state index in [4.69, 9.17) is 9.47 Å². The van der Waals surface area contributed by atoms with Gasteiger partial charge in [-0.2, -0.15) is 0 Å². The van der Waals surface area contributed by atoms with Gasteiger partial charge in [0.2, 0.25) is 0 Å². The van der Waals surface area contributed by atoms with E-state index in [1.807, 2.05) is 18.2 Å². The maximum atomic E-state index is 9.99. The standard InChI is InChI=1S/C14H21NO3/c1-17-10-7-8-14(18-2)12(9-10)15-11-5-3-4-6-13(11)16/h7-9,11,13,15-16H,3-6H2,1-2H3. The van der Waals surface area contributed by atoms with Crippen molar-refractivity contribution >= 4 is 5.69 Å². The third kappa shape index (κ3) is 2.88. The number of hydrogen-bond donors (Lipinski definition) is 2. The second-order valence-electron chi connectivity index (χ2n) is 4.67. The number of aliphatic hydroxyl groups is 1. The average Bonchev–Trinajstić information content (AvgIpc) is 2.41. The molecule has 2 atom stereocenters. The summed E-state index contributed by atoms with van der Waals surface area (Å²) < 4.78 is 10.5. The van der Waals surface area contributed by atoms with Gasteiger partial charge < -0.3 is 19.9 Å². The molecule has 1 aromatic carbocycles. The molecule has 0 aromatic heterocycles. The van der Waals surface area contributed by atoms with Crippen LogP contribution in [-0.4, -0.2) is 31.5 Å². The Morgan fingerprint density at radius 1 is 1.17 bits per heavy atom. The lowest BCUT2D eigenvalue weighted by molar-refractivity contribution is 0.116. The molecule has 2 N–H and O–H groups in total. The summed E-state index contributed by atoms with van der Waals surface area (Å²) in [6.07, 6.45) is 3.83. The van der Waals surface area contributed by atoms with E-state index in [-0.39, 0.29) is 12.1 Å². The number of anilines is 1. The lowest BCUT2D eigenvalue weighted by Crippen LogP contribution is -2.36. The van der Waals surface area contributed by atoms with Crippen molar-refractivity contribution in [3.05, 3.63) is 18.2 Å². The molecule has 1 fully saturated rings. The molecule has 1 aliphatic carbocycles. The number of hydrogen-bond acceptors (Lipinski definition) is 4. The highest BCUT2D eigenvalue weighted by Gasteiger charge is 2.23. The van der Waals surface area contributed by atoms with E-state index < -0.39 is 0 Å². The summed E-state index contributed by atoms with van der Waals surface area (Å²) in [5.74, 6) is 1.55. The Labute approximate surface area is 108 Å². The fourth-order valence-corrected chi connectivity index (χ4v) is 2.41. The summed E-state index contributed by atoms with van der Waals surface area (Å²) in [5.41, 5.74) is 0.878. The molecule has 18 heavy (non-hydrogen) atoms. The van der Waals surface area contributed by atoms with Crippen molar-refractivity contribution in [3.63, 3.8) is 0 Å². The zero-order valence-corrected chi connectivity index (χ0v) is 11.0. The van der Waals surface area contributed by atoms with Gasteiger partial charge >= 0.3 is 0 Å². The second kappa shape index (κ2) is 5.96. The van der Waals surface area contributed by atoms with Crippen molar-refractivity contribution in [2.75, 3.05) is 19.5 Å². The van der Waals surface area contributed by atoms with Gasteiger partial charge in [-0.15, -0.1) is 0 Å². The predicted octanol–water partition coefficient (Wildman–Crippen LogP) is 2.42. The average molecular weight is 251 g/mol. The highest BCUT2D eigenvalue weighted by Crippen LogP contribution is 2.31. The first-order chi connectivity index (χ1) is 8.74. The number of methoxy groups -OCH3 is 2. The first kappa shape index (κ1) is 13.0. The molecule has 4 nitrogen and oxygen atoms in total. The van der Waals surface area contributed by atoms with Crippen molar-refractivity contribution in [3.8, 4) is 11.5 Å². The third-order valence-electron chi connectivity index (χ3n) is 3.48. The van der Waals surface area contributed by atoms with Crippen LogP contribution in [0.5, 0.6) is 11.5 Å².